The molecular formula is C17H21N3O4. The molecule has 0 saturated carbocycles. The van der Waals surface area contributed by atoms with E-state index in [9.17, 15) is 9.59 Å². The van der Waals surface area contributed by atoms with E-state index in [0.29, 0.717) is 12.2 Å². The molecule has 7 heteroatoms. The molecule has 2 rings (SSSR count). The Hall–Kier alpha value is -2.54. The van der Waals surface area contributed by atoms with Crippen molar-refractivity contribution in [2.45, 2.75) is 26.8 Å². The van der Waals surface area contributed by atoms with E-state index in [0.717, 1.165) is 11.4 Å². The lowest BCUT2D eigenvalue weighted by Gasteiger charge is -2.17. The Morgan fingerprint density at radius 1 is 1.29 bits per heavy atom. The van der Waals surface area contributed by atoms with Crippen LogP contribution in [0.15, 0.2) is 24.7 Å². The van der Waals surface area contributed by atoms with Gasteiger partial charge in [-0.3, -0.25) is 9.78 Å². The second-order valence-electron chi connectivity index (χ2n) is 5.55. The molecule has 7 nitrogen and oxygen atoms in total. The third-order valence-corrected chi connectivity index (χ3v) is 3.74. The van der Waals surface area contributed by atoms with Crippen LogP contribution in [0.2, 0.25) is 0 Å². The van der Waals surface area contributed by atoms with Gasteiger partial charge in [0.25, 0.3) is 0 Å². The Kier molecular flexibility index (Phi) is 5.81. The van der Waals surface area contributed by atoms with Crippen LogP contribution in [0, 0.1) is 13.8 Å². The van der Waals surface area contributed by atoms with Crippen LogP contribution < -0.4 is 0 Å². The van der Waals surface area contributed by atoms with Gasteiger partial charge in [0.05, 0.1) is 18.8 Å². The van der Waals surface area contributed by atoms with Gasteiger partial charge in [-0.15, -0.1) is 0 Å². The summed E-state index contributed by atoms with van der Waals surface area (Å²) in [6.45, 7) is 6.04. The van der Waals surface area contributed by atoms with Crippen molar-refractivity contribution in [1.29, 1.82) is 0 Å². The summed E-state index contributed by atoms with van der Waals surface area (Å²) < 4.78 is 12.3. The first-order chi connectivity index (χ1) is 11.5. The number of Topliss-reactive ketones (excluding diaryl/α,β-unsaturated/α-hetero) is 1. The zero-order valence-electron chi connectivity index (χ0n) is 14.3. The van der Waals surface area contributed by atoms with Crippen molar-refractivity contribution in [2.24, 2.45) is 0 Å². The topological polar surface area (TPSA) is 83.3 Å². The number of aryl methyl sites for hydroxylation is 1. The van der Waals surface area contributed by atoms with E-state index in [1.165, 1.54) is 18.6 Å². The highest BCUT2D eigenvalue weighted by molar-refractivity contribution is 6.00. The van der Waals surface area contributed by atoms with Gasteiger partial charge < -0.3 is 14.0 Å². The molecule has 0 spiro atoms. The van der Waals surface area contributed by atoms with E-state index < -0.39 is 5.97 Å². The summed E-state index contributed by atoms with van der Waals surface area (Å²) in [6.07, 6.45) is 4.15. The van der Waals surface area contributed by atoms with Gasteiger partial charge >= 0.3 is 5.97 Å². The number of ether oxygens (including phenoxy) is 2. The van der Waals surface area contributed by atoms with Crippen molar-refractivity contribution in [2.75, 3.05) is 20.3 Å². The van der Waals surface area contributed by atoms with Crippen molar-refractivity contribution in [3.8, 4) is 0 Å². The summed E-state index contributed by atoms with van der Waals surface area (Å²) in [4.78, 5) is 31.9. The van der Waals surface area contributed by atoms with E-state index in [4.69, 9.17) is 9.47 Å². The minimum absolute atomic E-state index is 0.0736. The molecule has 0 N–H and O–H groups in total. The third kappa shape index (κ3) is 3.86. The summed E-state index contributed by atoms with van der Waals surface area (Å²) in [6, 6.07) is 1.92. The average molecular weight is 331 g/mol. The molecule has 0 saturated heterocycles. The molecule has 0 fully saturated rings. The SMILES string of the molecule is COCC(C)n1c(C)cc(C(=O)COC(=O)c2cnccn2)c1C. The first-order valence-electron chi connectivity index (χ1n) is 7.59. The monoisotopic (exact) mass is 331 g/mol. The Labute approximate surface area is 140 Å². The number of esters is 1. The standard InChI is InChI=1S/C17H21N3O4/c1-11-7-14(13(3)20(11)12(2)9-23-4)16(21)10-24-17(22)15-8-18-5-6-19-15/h5-8,12H,9-10H2,1-4H3. The number of methoxy groups -OCH3 is 1. The van der Waals surface area contributed by atoms with E-state index in [2.05, 4.69) is 9.97 Å². The van der Waals surface area contributed by atoms with Crippen molar-refractivity contribution in [3.63, 3.8) is 0 Å². The molecule has 2 aromatic heterocycles. The van der Waals surface area contributed by atoms with E-state index in [1.807, 2.05) is 25.3 Å². The predicted octanol–water partition coefficient (Wildman–Crippen LogP) is 2.14. The van der Waals surface area contributed by atoms with Gasteiger partial charge in [0.1, 0.15) is 0 Å². The number of ketones is 1. The summed E-state index contributed by atoms with van der Waals surface area (Å²) >= 11 is 0. The molecule has 128 valence electrons. The molecule has 0 radical (unpaired) electrons. The number of nitrogens with zero attached hydrogens (tertiary/aromatic N) is 3. The molecular weight excluding hydrogens is 310 g/mol. The fourth-order valence-corrected chi connectivity index (χ4v) is 2.74. The van der Waals surface area contributed by atoms with Crippen molar-refractivity contribution in [1.82, 2.24) is 14.5 Å². The summed E-state index contributed by atoms with van der Waals surface area (Å²) in [5, 5.41) is 0. The zero-order valence-corrected chi connectivity index (χ0v) is 14.3. The van der Waals surface area contributed by atoms with E-state index >= 15 is 0 Å². The molecule has 1 atom stereocenters. The summed E-state index contributed by atoms with van der Waals surface area (Å²) in [5.41, 5.74) is 2.41. The first kappa shape index (κ1) is 17.8. The van der Waals surface area contributed by atoms with Crippen LogP contribution in [0.3, 0.4) is 0 Å². The van der Waals surface area contributed by atoms with E-state index in [1.54, 1.807) is 13.2 Å². The first-order valence-corrected chi connectivity index (χ1v) is 7.59. The molecule has 0 amide bonds. The van der Waals surface area contributed by atoms with Gasteiger partial charge in [0, 0.05) is 36.5 Å². The minimum atomic E-state index is -0.669. The number of hydrogen-bond donors (Lipinski definition) is 0. The highest BCUT2D eigenvalue weighted by Gasteiger charge is 2.20. The molecule has 2 aromatic rings. The fraction of sp³-hybridized carbons (Fsp3) is 0.412. The Bertz CT molecular complexity index is 725. The Morgan fingerprint density at radius 3 is 2.67 bits per heavy atom. The lowest BCUT2D eigenvalue weighted by atomic mass is 10.1. The molecule has 0 aliphatic carbocycles. The van der Waals surface area contributed by atoms with Gasteiger partial charge in [0.2, 0.25) is 5.78 Å². The molecule has 0 aliphatic heterocycles. The highest BCUT2D eigenvalue weighted by Crippen LogP contribution is 2.21. The van der Waals surface area contributed by atoms with Crippen LogP contribution in [0.4, 0.5) is 0 Å². The smallest absolute Gasteiger partial charge is 0.358 e. The predicted molar refractivity (Wildman–Crippen MR) is 87.1 cm³/mol. The number of rotatable bonds is 7. The van der Waals surface area contributed by atoms with Crippen LogP contribution in [-0.4, -0.2) is 46.6 Å². The second-order valence-corrected chi connectivity index (χ2v) is 5.55. The van der Waals surface area contributed by atoms with Gasteiger partial charge in [-0.1, -0.05) is 0 Å². The quantitative estimate of drug-likeness (QED) is 0.571. The molecule has 24 heavy (non-hydrogen) atoms. The van der Waals surface area contributed by atoms with E-state index in [-0.39, 0.29) is 24.1 Å². The van der Waals surface area contributed by atoms with Gasteiger partial charge in [-0.05, 0) is 26.8 Å². The maximum absolute atomic E-state index is 12.4. The largest absolute Gasteiger partial charge is 0.453 e. The van der Waals surface area contributed by atoms with Gasteiger partial charge in [-0.2, -0.15) is 0 Å². The summed E-state index contributed by atoms with van der Waals surface area (Å²) in [5.74, 6) is -0.922. The summed E-state index contributed by atoms with van der Waals surface area (Å²) in [7, 11) is 1.64. The van der Waals surface area contributed by atoms with Crippen molar-refractivity contribution < 1.29 is 19.1 Å². The van der Waals surface area contributed by atoms with Crippen molar-refractivity contribution >= 4 is 11.8 Å². The Morgan fingerprint density at radius 2 is 2.04 bits per heavy atom. The molecule has 0 bridgehead atoms. The lowest BCUT2D eigenvalue weighted by Crippen LogP contribution is -2.17. The molecule has 2 heterocycles. The normalized spacial score (nSPS) is 12.0. The zero-order chi connectivity index (χ0) is 17.7. The third-order valence-electron chi connectivity index (χ3n) is 3.74. The fourth-order valence-electron chi connectivity index (χ4n) is 2.74. The lowest BCUT2D eigenvalue weighted by molar-refractivity contribution is 0.0468. The maximum Gasteiger partial charge on any atom is 0.358 e. The molecule has 1 unspecified atom stereocenters. The van der Waals surface area contributed by atoms with Crippen molar-refractivity contribution in [3.05, 3.63) is 47.3 Å². The minimum Gasteiger partial charge on any atom is -0.453 e. The van der Waals surface area contributed by atoms with Crippen LogP contribution in [-0.2, 0) is 9.47 Å². The van der Waals surface area contributed by atoms with Gasteiger partial charge in [-0.25, -0.2) is 9.78 Å². The molecule has 0 aliphatic rings. The van der Waals surface area contributed by atoms with Crippen LogP contribution >= 0.6 is 0 Å². The van der Waals surface area contributed by atoms with Crippen LogP contribution in [0.1, 0.15) is 45.2 Å². The number of carbonyl (C=O) groups is 2. The highest BCUT2D eigenvalue weighted by atomic mass is 16.5. The number of aromatic nitrogens is 3. The molecule has 0 aromatic carbocycles. The average Bonchev–Trinajstić information content (AvgIpc) is 2.88. The van der Waals surface area contributed by atoms with Crippen LogP contribution in [0.25, 0.3) is 0 Å². The van der Waals surface area contributed by atoms with Crippen LogP contribution in [0.5, 0.6) is 0 Å². The van der Waals surface area contributed by atoms with Gasteiger partial charge in [0.15, 0.2) is 12.3 Å². The number of carbonyl (C=O) groups excluding carboxylic acids is 2. The second kappa shape index (κ2) is 7.83. The Balaban J connectivity index is 2.08. The number of hydrogen-bond acceptors (Lipinski definition) is 6. The maximum atomic E-state index is 12.4.